The number of carboxylic acids is 2. The highest BCUT2D eigenvalue weighted by atomic mass is 17.1. The van der Waals surface area contributed by atoms with E-state index in [0.717, 1.165) is 0 Å². The second-order valence-electron chi connectivity index (χ2n) is 4.73. The van der Waals surface area contributed by atoms with Crippen LogP contribution in [0.4, 0.5) is 0 Å². The van der Waals surface area contributed by atoms with Crippen LogP contribution in [0.15, 0.2) is 24.3 Å². The molecule has 30 heavy (non-hydrogen) atoms. The molecular weight excluding hydrogens is 416 g/mol. The van der Waals surface area contributed by atoms with Crippen molar-refractivity contribution in [3.8, 4) is 0 Å². The zero-order valence-corrected chi connectivity index (χ0v) is 17.0. The lowest BCUT2D eigenvalue weighted by Crippen LogP contribution is -2.06. The van der Waals surface area contributed by atoms with Crippen molar-refractivity contribution in [2.24, 2.45) is 0 Å². The van der Waals surface area contributed by atoms with Crippen molar-refractivity contribution >= 4 is 11.9 Å². The predicted molar refractivity (Wildman–Crippen MR) is 101 cm³/mol. The van der Waals surface area contributed by atoms with Gasteiger partial charge in [-0.1, -0.05) is 13.2 Å². The lowest BCUT2D eigenvalue weighted by molar-refractivity contribution is -0.260. The number of hydrogen-bond donors (Lipinski definition) is 6. The van der Waals surface area contributed by atoms with Crippen LogP contribution in [0.3, 0.4) is 0 Å². The van der Waals surface area contributed by atoms with Gasteiger partial charge in [-0.2, -0.15) is 0 Å². The summed E-state index contributed by atoms with van der Waals surface area (Å²) in [6.45, 7) is 10.9. The van der Waals surface area contributed by atoms with Gasteiger partial charge in [-0.25, -0.2) is 29.1 Å². The third kappa shape index (κ3) is 50.2. The third-order valence-electron chi connectivity index (χ3n) is 2.01. The van der Waals surface area contributed by atoms with Gasteiger partial charge in [0.1, 0.15) is 26.4 Å². The molecule has 0 fully saturated rings. The minimum absolute atomic E-state index is 0.130. The molecule has 0 atom stereocenters. The highest BCUT2D eigenvalue weighted by Crippen LogP contribution is 1.81. The van der Waals surface area contributed by atoms with Gasteiger partial charge in [0.15, 0.2) is 0 Å². The number of hydrogen-bond acceptors (Lipinski definition) is 12. The summed E-state index contributed by atoms with van der Waals surface area (Å²) in [6, 6.07) is 0. The molecule has 0 radical (unpaired) electrons. The summed E-state index contributed by atoms with van der Waals surface area (Å²) in [4.78, 5) is 34.0. The molecular formula is C16H32O14. The van der Waals surface area contributed by atoms with Crippen LogP contribution in [0.5, 0.6) is 0 Å². The summed E-state index contributed by atoms with van der Waals surface area (Å²) in [6.07, 6.45) is 0. The average molecular weight is 448 g/mol. The van der Waals surface area contributed by atoms with Crippen LogP contribution in [-0.4, -0.2) is 96.0 Å². The maximum Gasteiger partial charge on any atom is 0.330 e. The fourth-order valence-corrected chi connectivity index (χ4v) is 0.589. The summed E-state index contributed by atoms with van der Waals surface area (Å²) in [5, 5.41) is 46.8. The lowest BCUT2D eigenvalue weighted by Gasteiger charge is -1.98. The molecule has 0 saturated heterocycles. The van der Waals surface area contributed by atoms with Crippen LogP contribution in [0.1, 0.15) is 13.8 Å². The van der Waals surface area contributed by atoms with E-state index in [1.54, 1.807) is 0 Å². The molecule has 0 spiro atoms. The van der Waals surface area contributed by atoms with Gasteiger partial charge < -0.3 is 19.7 Å². The van der Waals surface area contributed by atoms with E-state index in [4.69, 9.17) is 40.7 Å². The smallest absolute Gasteiger partial charge is 0.330 e. The predicted octanol–water partition coefficient (Wildman–Crippen LogP) is 1.26. The minimum Gasteiger partial charge on any atom is -0.478 e. The normalized spacial score (nSPS) is 9.00. The van der Waals surface area contributed by atoms with Gasteiger partial charge in [-0.15, -0.1) is 0 Å². The standard InChI is InChI=1S/2C4H10O5.2C4H6O2/c2*5-8-3-1-7-2-4-9-6;2*1-3(2)4(5)6/h2*5-6H,1-4H2;2*1H2,2H3,(H,5,6). The Balaban J connectivity index is -0.000000153. The first-order valence-corrected chi connectivity index (χ1v) is 8.10. The van der Waals surface area contributed by atoms with Crippen LogP contribution in [0.2, 0.25) is 0 Å². The first kappa shape index (κ1) is 35.5. The molecule has 0 aliphatic rings. The van der Waals surface area contributed by atoms with Crippen LogP contribution in [-0.2, 0) is 38.6 Å². The van der Waals surface area contributed by atoms with E-state index >= 15 is 0 Å². The van der Waals surface area contributed by atoms with Crippen LogP contribution in [0.25, 0.3) is 0 Å². The van der Waals surface area contributed by atoms with Crippen LogP contribution < -0.4 is 0 Å². The number of ether oxygens (including phenoxy) is 2. The molecule has 0 saturated carbocycles. The summed E-state index contributed by atoms with van der Waals surface area (Å²) >= 11 is 0. The molecule has 6 N–H and O–H groups in total. The Morgan fingerprint density at radius 1 is 0.567 bits per heavy atom. The number of carboxylic acid groups (broad SMARTS) is 2. The van der Waals surface area contributed by atoms with E-state index in [9.17, 15) is 9.59 Å². The van der Waals surface area contributed by atoms with Crippen molar-refractivity contribution < 1.29 is 69.9 Å². The fourth-order valence-electron chi connectivity index (χ4n) is 0.589. The molecule has 0 amide bonds. The molecule has 0 unspecified atom stereocenters. The average Bonchev–Trinajstić information content (AvgIpc) is 2.69. The van der Waals surface area contributed by atoms with E-state index in [1.165, 1.54) is 13.8 Å². The Bertz CT molecular complexity index is 339. The van der Waals surface area contributed by atoms with Gasteiger partial charge in [-0.05, 0) is 13.8 Å². The van der Waals surface area contributed by atoms with Crippen molar-refractivity contribution in [3.63, 3.8) is 0 Å². The van der Waals surface area contributed by atoms with Crippen molar-refractivity contribution in [2.45, 2.75) is 13.8 Å². The molecule has 0 aromatic rings. The summed E-state index contributed by atoms with van der Waals surface area (Å²) in [5.74, 6) is -1.87. The van der Waals surface area contributed by atoms with E-state index < -0.39 is 11.9 Å². The maximum atomic E-state index is 9.60. The molecule has 14 heteroatoms. The topological polar surface area (TPSA) is 211 Å². The van der Waals surface area contributed by atoms with Gasteiger partial charge in [0.05, 0.1) is 26.4 Å². The van der Waals surface area contributed by atoms with Crippen molar-refractivity contribution in [2.75, 3.05) is 52.9 Å². The van der Waals surface area contributed by atoms with E-state index in [0.29, 0.717) is 26.4 Å². The SMILES string of the molecule is C=C(C)C(=O)O.C=C(C)C(=O)O.OOCCOCCOO.OOCCOCCOO. The number of carbonyl (C=O) groups is 2. The summed E-state index contributed by atoms with van der Waals surface area (Å²) < 4.78 is 9.49. The van der Waals surface area contributed by atoms with Gasteiger partial charge >= 0.3 is 11.9 Å². The van der Waals surface area contributed by atoms with Crippen LogP contribution in [0, 0.1) is 0 Å². The zero-order valence-electron chi connectivity index (χ0n) is 17.0. The second kappa shape index (κ2) is 31.7. The van der Waals surface area contributed by atoms with Crippen molar-refractivity contribution in [1.29, 1.82) is 0 Å². The minimum atomic E-state index is -0.935. The highest BCUT2D eigenvalue weighted by Gasteiger charge is 1.91. The Kier molecular flexibility index (Phi) is 37.5. The quantitative estimate of drug-likeness (QED) is 0.0956. The molecule has 0 heterocycles. The first-order valence-electron chi connectivity index (χ1n) is 8.10. The first-order chi connectivity index (χ1) is 14.1. The van der Waals surface area contributed by atoms with Gasteiger partial charge in [0.25, 0.3) is 0 Å². The third-order valence-corrected chi connectivity index (χ3v) is 2.01. The summed E-state index contributed by atoms with van der Waals surface area (Å²) in [7, 11) is 0. The molecule has 0 aliphatic heterocycles. The van der Waals surface area contributed by atoms with E-state index in [1.807, 2.05) is 0 Å². The molecule has 0 bridgehead atoms. The van der Waals surface area contributed by atoms with Gasteiger partial charge in [0.2, 0.25) is 0 Å². The van der Waals surface area contributed by atoms with Crippen molar-refractivity contribution in [1.82, 2.24) is 0 Å². The Hall–Kier alpha value is -1.98. The molecule has 180 valence electrons. The van der Waals surface area contributed by atoms with Gasteiger partial charge in [0, 0.05) is 11.1 Å². The molecule has 14 nitrogen and oxygen atoms in total. The summed E-state index contributed by atoms with van der Waals surface area (Å²) in [5.41, 5.74) is 0.352. The zero-order chi connectivity index (χ0) is 24.2. The van der Waals surface area contributed by atoms with Crippen LogP contribution >= 0.6 is 0 Å². The number of rotatable bonds is 14. The Labute approximate surface area is 173 Å². The second-order valence-corrected chi connectivity index (χ2v) is 4.73. The maximum absolute atomic E-state index is 9.60. The monoisotopic (exact) mass is 448 g/mol. The van der Waals surface area contributed by atoms with Crippen molar-refractivity contribution in [3.05, 3.63) is 24.3 Å². The molecule has 0 rings (SSSR count). The Morgan fingerprint density at radius 3 is 0.833 bits per heavy atom. The molecule has 0 aromatic carbocycles. The van der Waals surface area contributed by atoms with E-state index in [-0.39, 0.29) is 37.6 Å². The Morgan fingerprint density at radius 2 is 0.733 bits per heavy atom. The fraction of sp³-hybridized carbons (Fsp3) is 0.625. The number of aliphatic carboxylic acids is 2. The molecule has 0 aromatic heterocycles. The molecule has 0 aliphatic carbocycles. The highest BCUT2D eigenvalue weighted by molar-refractivity contribution is 5.85. The largest absolute Gasteiger partial charge is 0.478 e. The van der Waals surface area contributed by atoms with Gasteiger partial charge in [-0.3, -0.25) is 21.0 Å². The van der Waals surface area contributed by atoms with E-state index in [2.05, 4.69) is 32.7 Å². The lowest BCUT2D eigenvalue weighted by atomic mass is 10.4.